The predicted octanol–water partition coefficient (Wildman–Crippen LogP) is 2.38. The molecule has 96 valence electrons. The number of hydrogen-bond donors (Lipinski definition) is 0. The van der Waals surface area contributed by atoms with Gasteiger partial charge in [0.1, 0.15) is 6.54 Å². The van der Waals surface area contributed by atoms with Crippen LogP contribution in [0.5, 0.6) is 0 Å². The van der Waals surface area contributed by atoms with Gasteiger partial charge < -0.3 is 4.90 Å². The standard InChI is InChI=1S/C13H22N2O2/c1-3-10(2)14-9-12(16)15(13(14)17)11-7-5-4-6-8-11/h10-11H,3-9H2,1-2H3. The first-order valence-corrected chi connectivity index (χ1v) is 6.77. The van der Waals surface area contributed by atoms with Crippen molar-refractivity contribution in [3.05, 3.63) is 0 Å². The lowest BCUT2D eigenvalue weighted by atomic mass is 9.94. The molecule has 1 saturated carbocycles. The highest BCUT2D eigenvalue weighted by atomic mass is 16.2. The molecule has 2 rings (SSSR count). The summed E-state index contributed by atoms with van der Waals surface area (Å²) >= 11 is 0. The van der Waals surface area contributed by atoms with Crippen LogP contribution in [0.25, 0.3) is 0 Å². The van der Waals surface area contributed by atoms with Crippen LogP contribution in [0.4, 0.5) is 4.79 Å². The van der Waals surface area contributed by atoms with Gasteiger partial charge >= 0.3 is 6.03 Å². The van der Waals surface area contributed by atoms with Crippen molar-refractivity contribution in [1.82, 2.24) is 9.80 Å². The van der Waals surface area contributed by atoms with Gasteiger partial charge in [-0.25, -0.2) is 4.79 Å². The van der Waals surface area contributed by atoms with E-state index in [1.54, 1.807) is 4.90 Å². The van der Waals surface area contributed by atoms with Gasteiger partial charge in [-0.1, -0.05) is 26.2 Å². The maximum Gasteiger partial charge on any atom is 0.327 e. The number of amides is 3. The van der Waals surface area contributed by atoms with Crippen molar-refractivity contribution in [1.29, 1.82) is 0 Å². The summed E-state index contributed by atoms with van der Waals surface area (Å²) in [6.07, 6.45) is 6.41. The average Bonchev–Trinajstić information content (AvgIpc) is 2.65. The highest BCUT2D eigenvalue weighted by molar-refractivity contribution is 6.02. The fourth-order valence-electron chi connectivity index (χ4n) is 2.80. The van der Waals surface area contributed by atoms with Crippen LogP contribution in [0.15, 0.2) is 0 Å². The normalized spacial score (nSPS) is 24.6. The summed E-state index contributed by atoms with van der Waals surface area (Å²) in [5.41, 5.74) is 0. The third-order valence-corrected chi connectivity index (χ3v) is 4.09. The van der Waals surface area contributed by atoms with Crippen molar-refractivity contribution >= 4 is 11.9 Å². The molecule has 0 aromatic heterocycles. The molecule has 1 aliphatic heterocycles. The minimum Gasteiger partial charge on any atom is -0.312 e. The van der Waals surface area contributed by atoms with Gasteiger partial charge in [0.05, 0.1) is 0 Å². The Hall–Kier alpha value is -1.06. The fraction of sp³-hybridized carbons (Fsp3) is 0.846. The molecule has 2 aliphatic rings. The number of carbonyl (C=O) groups is 2. The highest BCUT2D eigenvalue weighted by Gasteiger charge is 2.41. The lowest BCUT2D eigenvalue weighted by molar-refractivity contribution is -0.127. The Morgan fingerprint density at radius 3 is 2.47 bits per heavy atom. The van der Waals surface area contributed by atoms with Gasteiger partial charge in [0.25, 0.3) is 5.91 Å². The summed E-state index contributed by atoms with van der Waals surface area (Å²) in [6.45, 7) is 4.34. The summed E-state index contributed by atoms with van der Waals surface area (Å²) in [5, 5.41) is 0. The molecule has 0 aromatic rings. The molecule has 3 amide bonds. The van der Waals surface area contributed by atoms with E-state index in [1.165, 1.54) is 11.3 Å². The van der Waals surface area contributed by atoms with Gasteiger partial charge in [-0.15, -0.1) is 0 Å². The van der Waals surface area contributed by atoms with E-state index in [0.717, 1.165) is 32.1 Å². The quantitative estimate of drug-likeness (QED) is 0.708. The van der Waals surface area contributed by atoms with Crippen molar-refractivity contribution in [2.24, 2.45) is 0 Å². The topological polar surface area (TPSA) is 40.6 Å². The van der Waals surface area contributed by atoms with Gasteiger partial charge in [0.2, 0.25) is 0 Å². The van der Waals surface area contributed by atoms with Crippen molar-refractivity contribution < 1.29 is 9.59 Å². The van der Waals surface area contributed by atoms with Crippen LogP contribution in [0.2, 0.25) is 0 Å². The molecule has 1 heterocycles. The van der Waals surface area contributed by atoms with E-state index in [0.29, 0.717) is 0 Å². The summed E-state index contributed by atoms with van der Waals surface area (Å²) in [7, 11) is 0. The van der Waals surface area contributed by atoms with Crippen LogP contribution in [-0.2, 0) is 4.79 Å². The molecule has 0 spiro atoms. The van der Waals surface area contributed by atoms with Crippen LogP contribution < -0.4 is 0 Å². The number of carbonyl (C=O) groups excluding carboxylic acids is 2. The van der Waals surface area contributed by atoms with E-state index in [9.17, 15) is 9.59 Å². The number of imide groups is 1. The molecule has 4 nitrogen and oxygen atoms in total. The molecule has 17 heavy (non-hydrogen) atoms. The van der Waals surface area contributed by atoms with Crippen molar-refractivity contribution in [3.63, 3.8) is 0 Å². The lowest BCUT2D eigenvalue weighted by Crippen LogP contribution is -2.43. The van der Waals surface area contributed by atoms with Crippen molar-refractivity contribution in [2.45, 2.75) is 64.5 Å². The van der Waals surface area contributed by atoms with Crippen molar-refractivity contribution in [3.8, 4) is 0 Å². The number of nitrogens with zero attached hydrogens (tertiary/aromatic N) is 2. The molecule has 1 aliphatic carbocycles. The summed E-state index contributed by atoms with van der Waals surface area (Å²) < 4.78 is 0. The molecule has 4 heteroatoms. The van der Waals surface area contributed by atoms with Crippen LogP contribution in [-0.4, -0.2) is 40.4 Å². The maximum atomic E-state index is 12.2. The number of urea groups is 1. The Balaban J connectivity index is 2.07. The fourth-order valence-corrected chi connectivity index (χ4v) is 2.80. The molecule has 0 radical (unpaired) electrons. The van der Waals surface area contributed by atoms with Crippen LogP contribution in [0, 0.1) is 0 Å². The predicted molar refractivity (Wildman–Crippen MR) is 65.6 cm³/mol. The van der Waals surface area contributed by atoms with Gasteiger partial charge in [-0.3, -0.25) is 9.69 Å². The van der Waals surface area contributed by atoms with E-state index in [4.69, 9.17) is 0 Å². The number of rotatable bonds is 3. The Morgan fingerprint density at radius 2 is 1.88 bits per heavy atom. The molecular weight excluding hydrogens is 216 g/mol. The second-order valence-electron chi connectivity index (χ2n) is 5.22. The van der Waals surface area contributed by atoms with Crippen LogP contribution in [0.3, 0.4) is 0 Å². The zero-order valence-electron chi connectivity index (χ0n) is 10.8. The molecule has 0 N–H and O–H groups in total. The van der Waals surface area contributed by atoms with E-state index in [1.807, 2.05) is 13.8 Å². The molecule has 2 fully saturated rings. The lowest BCUT2D eigenvalue weighted by Gasteiger charge is -2.30. The van der Waals surface area contributed by atoms with E-state index >= 15 is 0 Å². The monoisotopic (exact) mass is 238 g/mol. The molecule has 0 bridgehead atoms. The highest BCUT2D eigenvalue weighted by Crippen LogP contribution is 2.27. The average molecular weight is 238 g/mol. The Labute approximate surface area is 103 Å². The van der Waals surface area contributed by atoms with Crippen molar-refractivity contribution in [2.75, 3.05) is 6.54 Å². The first kappa shape index (κ1) is 12.4. The van der Waals surface area contributed by atoms with E-state index < -0.39 is 0 Å². The van der Waals surface area contributed by atoms with Gasteiger partial charge in [-0.2, -0.15) is 0 Å². The zero-order valence-corrected chi connectivity index (χ0v) is 10.8. The number of hydrogen-bond acceptors (Lipinski definition) is 2. The SMILES string of the molecule is CCC(C)N1CC(=O)N(C2CCCCC2)C1=O. The van der Waals surface area contributed by atoms with Gasteiger partial charge in [-0.05, 0) is 26.2 Å². The first-order chi connectivity index (χ1) is 8.15. The second-order valence-corrected chi connectivity index (χ2v) is 5.22. The molecule has 1 atom stereocenters. The largest absolute Gasteiger partial charge is 0.327 e. The van der Waals surface area contributed by atoms with Crippen LogP contribution >= 0.6 is 0 Å². The smallest absolute Gasteiger partial charge is 0.312 e. The second kappa shape index (κ2) is 5.07. The molecular formula is C13H22N2O2. The zero-order chi connectivity index (χ0) is 12.4. The Kier molecular flexibility index (Phi) is 3.69. The van der Waals surface area contributed by atoms with Crippen LogP contribution in [0.1, 0.15) is 52.4 Å². The summed E-state index contributed by atoms with van der Waals surface area (Å²) in [6, 6.07) is 0.272. The third kappa shape index (κ3) is 2.31. The Morgan fingerprint density at radius 1 is 1.24 bits per heavy atom. The minimum absolute atomic E-state index is 0.00204. The minimum atomic E-state index is -0.0590. The third-order valence-electron chi connectivity index (χ3n) is 4.09. The van der Waals surface area contributed by atoms with E-state index in [2.05, 4.69) is 0 Å². The van der Waals surface area contributed by atoms with E-state index in [-0.39, 0.29) is 30.6 Å². The molecule has 1 unspecified atom stereocenters. The molecule has 0 aromatic carbocycles. The van der Waals surface area contributed by atoms with Gasteiger partial charge in [0, 0.05) is 12.1 Å². The first-order valence-electron chi connectivity index (χ1n) is 6.77. The molecule has 1 saturated heterocycles. The summed E-state index contributed by atoms with van der Waals surface area (Å²) in [5.74, 6) is 0.00204. The maximum absolute atomic E-state index is 12.2. The summed E-state index contributed by atoms with van der Waals surface area (Å²) in [4.78, 5) is 27.5. The Bertz CT molecular complexity index is 311. The van der Waals surface area contributed by atoms with Gasteiger partial charge in [0.15, 0.2) is 0 Å².